The van der Waals surface area contributed by atoms with Gasteiger partial charge in [0.15, 0.2) is 0 Å². The summed E-state index contributed by atoms with van der Waals surface area (Å²) in [5.41, 5.74) is 0. The molecule has 8 heteroatoms. The number of carbonyl (C=O) groups excluding carboxylic acids is 1. The minimum Gasteiger partial charge on any atom is -0.354 e. The third-order valence-corrected chi connectivity index (χ3v) is 3.89. The first-order valence-corrected chi connectivity index (χ1v) is 6.96. The number of amides is 1. The Morgan fingerprint density at radius 3 is 2.29 bits per heavy atom. The van der Waals surface area contributed by atoms with E-state index in [1.54, 1.807) is 6.92 Å². The molecule has 0 radical (unpaired) electrons. The van der Waals surface area contributed by atoms with Gasteiger partial charge in [0.1, 0.15) is 0 Å². The lowest BCUT2D eigenvalue weighted by Crippen LogP contribution is -2.41. The van der Waals surface area contributed by atoms with Crippen LogP contribution in [0.25, 0.3) is 0 Å². The first kappa shape index (κ1) is 19.0. The number of carbonyl (C=O) groups is 1. The third kappa shape index (κ3) is 8.37. The van der Waals surface area contributed by atoms with Gasteiger partial charge in [0.2, 0.25) is 15.9 Å². The van der Waals surface area contributed by atoms with Gasteiger partial charge in [-0.3, -0.25) is 4.79 Å². The highest BCUT2D eigenvalue weighted by atomic mass is 35.5. The fraction of sp³-hybridized carbons (Fsp3) is 0.889. The summed E-state index contributed by atoms with van der Waals surface area (Å²) in [6.45, 7) is 5.44. The molecule has 0 saturated heterocycles. The van der Waals surface area contributed by atoms with E-state index in [0.29, 0.717) is 13.1 Å². The lowest BCUT2D eigenvalue weighted by atomic mass is 10.5. The maximum absolute atomic E-state index is 11.3. The summed E-state index contributed by atoms with van der Waals surface area (Å²) in [5, 5.41) is 5.69. The van der Waals surface area contributed by atoms with Gasteiger partial charge in [-0.25, -0.2) is 8.42 Å². The summed E-state index contributed by atoms with van der Waals surface area (Å²) in [6, 6.07) is 0. The monoisotopic (exact) mass is 287 g/mol. The summed E-state index contributed by atoms with van der Waals surface area (Å²) in [4.78, 5) is 11.3. The van der Waals surface area contributed by atoms with Crippen LogP contribution in [0.1, 0.15) is 13.8 Å². The van der Waals surface area contributed by atoms with E-state index in [1.807, 2.05) is 6.92 Å². The van der Waals surface area contributed by atoms with Gasteiger partial charge >= 0.3 is 0 Å². The fourth-order valence-corrected chi connectivity index (χ4v) is 1.80. The van der Waals surface area contributed by atoms with E-state index in [1.165, 1.54) is 7.05 Å². The molecule has 0 bridgehead atoms. The molecule has 0 aromatic carbocycles. The molecule has 0 spiro atoms. The van der Waals surface area contributed by atoms with Gasteiger partial charge in [0.25, 0.3) is 0 Å². The van der Waals surface area contributed by atoms with Crippen LogP contribution in [0.3, 0.4) is 0 Å². The zero-order valence-corrected chi connectivity index (χ0v) is 12.2. The molecule has 1 amide bonds. The normalized spacial score (nSPS) is 11.1. The van der Waals surface area contributed by atoms with Crippen LogP contribution in [0.4, 0.5) is 0 Å². The zero-order valence-electron chi connectivity index (χ0n) is 10.5. The average molecular weight is 288 g/mol. The SMILES string of the molecule is CCNCCNC(=O)CN(C)S(=O)(=O)CC.Cl. The summed E-state index contributed by atoms with van der Waals surface area (Å²) in [6.07, 6.45) is 0. The predicted molar refractivity (Wildman–Crippen MR) is 70.9 cm³/mol. The number of sulfonamides is 1. The van der Waals surface area contributed by atoms with Crippen molar-refractivity contribution in [1.82, 2.24) is 14.9 Å². The van der Waals surface area contributed by atoms with Crippen molar-refractivity contribution in [2.24, 2.45) is 0 Å². The van der Waals surface area contributed by atoms with E-state index in [-0.39, 0.29) is 30.6 Å². The van der Waals surface area contributed by atoms with E-state index in [9.17, 15) is 13.2 Å². The quantitative estimate of drug-likeness (QED) is 0.585. The highest BCUT2D eigenvalue weighted by Gasteiger charge is 2.17. The number of hydrogen-bond acceptors (Lipinski definition) is 4. The van der Waals surface area contributed by atoms with Crippen LogP contribution in [-0.2, 0) is 14.8 Å². The van der Waals surface area contributed by atoms with E-state index in [0.717, 1.165) is 10.8 Å². The van der Waals surface area contributed by atoms with Crippen molar-refractivity contribution in [1.29, 1.82) is 0 Å². The third-order valence-electron chi connectivity index (χ3n) is 2.08. The Morgan fingerprint density at radius 1 is 1.24 bits per heavy atom. The Hall–Kier alpha value is -0.370. The van der Waals surface area contributed by atoms with Crippen LogP contribution >= 0.6 is 12.4 Å². The molecule has 0 fully saturated rings. The maximum Gasteiger partial charge on any atom is 0.235 e. The topological polar surface area (TPSA) is 78.5 Å². The van der Waals surface area contributed by atoms with Gasteiger partial charge in [-0.1, -0.05) is 6.92 Å². The lowest BCUT2D eigenvalue weighted by Gasteiger charge is -2.15. The summed E-state index contributed by atoms with van der Waals surface area (Å²) in [7, 11) is -1.87. The molecular formula is C9H22ClN3O3S. The Morgan fingerprint density at radius 2 is 1.82 bits per heavy atom. The zero-order chi connectivity index (χ0) is 12.6. The van der Waals surface area contributed by atoms with Crippen molar-refractivity contribution < 1.29 is 13.2 Å². The van der Waals surface area contributed by atoms with Crippen LogP contribution in [0.15, 0.2) is 0 Å². The molecule has 0 heterocycles. The number of nitrogens with one attached hydrogen (secondary N) is 2. The van der Waals surface area contributed by atoms with Crippen molar-refractivity contribution in [3.63, 3.8) is 0 Å². The van der Waals surface area contributed by atoms with Crippen molar-refractivity contribution >= 4 is 28.3 Å². The molecule has 2 N–H and O–H groups in total. The number of hydrogen-bond donors (Lipinski definition) is 2. The molecule has 0 unspecified atom stereocenters. The molecule has 17 heavy (non-hydrogen) atoms. The molecule has 0 aromatic rings. The van der Waals surface area contributed by atoms with Gasteiger partial charge < -0.3 is 10.6 Å². The summed E-state index contributed by atoms with van der Waals surface area (Å²) < 4.78 is 23.8. The average Bonchev–Trinajstić information content (AvgIpc) is 2.24. The number of likely N-dealkylation sites (N-methyl/N-ethyl adjacent to an activating group) is 2. The van der Waals surface area contributed by atoms with E-state index >= 15 is 0 Å². The Balaban J connectivity index is 0. The van der Waals surface area contributed by atoms with Crippen LogP contribution in [0, 0.1) is 0 Å². The Bertz CT molecular complexity index is 309. The van der Waals surface area contributed by atoms with Gasteiger partial charge in [0.05, 0.1) is 12.3 Å². The largest absolute Gasteiger partial charge is 0.354 e. The first-order chi connectivity index (χ1) is 7.44. The fourth-order valence-electron chi connectivity index (χ4n) is 1.04. The molecular weight excluding hydrogens is 266 g/mol. The van der Waals surface area contributed by atoms with Gasteiger partial charge in [-0.2, -0.15) is 4.31 Å². The van der Waals surface area contributed by atoms with Crippen molar-refractivity contribution in [2.75, 3.05) is 39.0 Å². The van der Waals surface area contributed by atoms with Gasteiger partial charge in [-0.15, -0.1) is 12.4 Å². The van der Waals surface area contributed by atoms with Crippen LogP contribution < -0.4 is 10.6 Å². The van der Waals surface area contributed by atoms with Crippen molar-refractivity contribution in [3.05, 3.63) is 0 Å². The molecule has 104 valence electrons. The van der Waals surface area contributed by atoms with Gasteiger partial charge in [0, 0.05) is 20.1 Å². The van der Waals surface area contributed by atoms with E-state index in [2.05, 4.69) is 10.6 Å². The first-order valence-electron chi connectivity index (χ1n) is 5.35. The second-order valence-corrected chi connectivity index (χ2v) is 5.72. The van der Waals surface area contributed by atoms with Crippen LogP contribution in [-0.4, -0.2) is 57.6 Å². The number of nitrogens with zero attached hydrogens (tertiary/aromatic N) is 1. The minimum atomic E-state index is -3.27. The number of rotatable bonds is 8. The smallest absolute Gasteiger partial charge is 0.235 e. The molecule has 0 aliphatic heterocycles. The van der Waals surface area contributed by atoms with Crippen LogP contribution in [0.5, 0.6) is 0 Å². The molecule has 6 nitrogen and oxygen atoms in total. The van der Waals surface area contributed by atoms with Gasteiger partial charge in [-0.05, 0) is 13.5 Å². The molecule has 0 rings (SSSR count). The van der Waals surface area contributed by atoms with Crippen LogP contribution in [0.2, 0.25) is 0 Å². The second-order valence-electron chi connectivity index (χ2n) is 3.36. The van der Waals surface area contributed by atoms with E-state index < -0.39 is 10.0 Å². The maximum atomic E-state index is 11.3. The Labute approximate surface area is 110 Å². The lowest BCUT2D eigenvalue weighted by molar-refractivity contribution is -0.121. The van der Waals surface area contributed by atoms with Crippen molar-refractivity contribution in [2.45, 2.75) is 13.8 Å². The number of halogens is 1. The summed E-state index contributed by atoms with van der Waals surface area (Å²) >= 11 is 0. The molecule has 0 atom stereocenters. The molecule has 0 aliphatic carbocycles. The molecule has 0 aromatic heterocycles. The Kier molecular flexibility index (Phi) is 10.8. The summed E-state index contributed by atoms with van der Waals surface area (Å²) in [5.74, 6) is -0.272. The van der Waals surface area contributed by atoms with Crippen molar-refractivity contribution in [3.8, 4) is 0 Å². The molecule has 0 saturated carbocycles. The highest BCUT2D eigenvalue weighted by Crippen LogP contribution is 1.95. The molecule has 0 aliphatic rings. The van der Waals surface area contributed by atoms with E-state index in [4.69, 9.17) is 0 Å². The highest BCUT2D eigenvalue weighted by molar-refractivity contribution is 7.89. The predicted octanol–water partition coefficient (Wildman–Crippen LogP) is -0.585. The second kappa shape index (κ2) is 9.64. The minimum absolute atomic E-state index is 0. The standard InChI is InChI=1S/C9H21N3O3S.ClH/c1-4-10-6-7-11-9(13)8-12(3)16(14,15)5-2;/h10H,4-8H2,1-3H3,(H,11,13);1H.